The van der Waals surface area contributed by atoms with Crippen LogP contribution in [0.1, 0.15) is 44.6 Å². The minimum atomic E-state index is 0.0511. The Balaban J connectivity index is 1.37. The Labute approximate surface area is 139 Å². The first-order chi connectivity index (χ1) is 11.2. The van der Waals surface area contributed by atoms with Gasteiger partial charge in [0.15, 0.2) is 0 Å². The quantitative estimate of drug-likeness (QED) is 0.827. The van der Waals surface area contributed by atoms with Crippen LogP contribution >= 0.6 is 0 Å². The fourth-order valence-corrected chi connectivity index (χ4v) is 5.89. The van der Waals surface area contributed by atoms with Crippen LogP contribution in [0.15, 0.2) is 36.4 Å². The minimum absolute atomic E-state index is 0.0511. The van der Waals surface area contributed by atoms with Crippen LogP contribution in [0.25, 0.3) is 6.08 Å². The molecule has 1 aromatic carbocycles. The second-order valence-electron chi connectivity index (χ2n) is 8.05. The van der Waals surface area contributed by atoms with E-state index in [1.165, 1.54) is 32.1 Å². The van der Waals surface area contributed by atoms with Crippen molar-refractivity contribution in [3.05, 3.63) is 42.0 Å². The maximum Gasteiger partial charge on any atom is 0.244 e. The van der Waals surface area contributed by atoms with Gasteiger partial charge in [0.05, 0.1) is 0 Å². The van der Waals surface area contributed by atoms with E-state index in [9.17, 15) is 4.79 Å². The molecule has 23 heavy (non-hydrogen) atoms. The Morgan fingerprint density at radius 2 is 1.65 bits per heavy atom. The number of hydrogen-bond acceptors (Lipinski definition) is 1. The number of carbonyl (C=O) groups excluding carboxylic acids is 1. The molecule has 0 unspecified atom stereocenters. The van der Waals surface area contributed by atoms with Gasteiger partial charge in [-0.2, -0.15) is 0 Å². The number of benzene rings is 1. The predicted octanol–water partition coefficient (Wildman–Crippen LogP) is 4.28. The van der Waals surface area contributed by atoms with E-state index in [4.69, 9.17) is 0 Å². The molecular formula is C21H27NO. The summed E-state index contributed by atoms with van der Waals surface area (Å²) in [4.78, 5) is 12.3. The van der Waals surface area contributed by atoms with Crippen molar-refractivity contribution in [1.82, 2.24) is 5.32 Å². The van der Waals surface area contributed by atoms with Crippen molar-refractivity contribution in [2.75, 3.05) is 0 Å². The fourth-order valence-electron chi connectivity index (χ4n) is 5.89. The van der Waals surface area contributed by atoms with E-state index >= 15 is 0 Å². The molecule has 0 saturated heterocycles. The third-order valence-corrected chi connectivity index (χ3v) is 6.47. The van der Waals surface area contributed by atoms with E-state index < -0.39 is 0 Å². The lowest BCUT2D eigenvalue weighted by atomic mass is 9.50. The number of nitrogens with one attached hydrogen (secondary N) is 1. The Morgan fingerprint density at radius 1 is 1.04 bits per heavy atom. The summed E-state index contributed by atoms with van der Waals surface area (Å²) in [6, 6.07) is 10.3. The highest BCUT2D eigenvalue weighted by Gasteiger charge is 2.49. The zero-order valence-electron chi connectivity index (χ0n) is 13.9. The normalized spacial score (nSPS) is 36.3. The third kappa shape index (κ3) is 3.08. The number of carbonyl (C=O) groups is 1. The second-order valence-corrected chi connectivity index (χ2v) is 8.05. The van der Waals surface area contributed by atoms with Gasteiger partial charge in [-0.1, -0.05) is 30.3 Å². The summed E-state index contributed by atoms with van der Waals surface area (Å²) in [7, 11) is 0. The Bertz CT molecular complexity index is 563. The van der Waals surface area contributed by atoms with Gasteiger partial charge in [-0.25, -0.2) is 0 Å². The van der Waals surface area contributed by atoms with Gasteiger partial charge in [0, 0.05) is 12.1 Å². The first-order valence-corrected chi connectivity index (χ1v) is 9.22. The summed E-state index contributed by atoms with van der Waals surface area (Å²) in [5.41, 5.74) is 1.07. The van der Waals surface area contributed by atoms with E-state index in [2.05, 4.69) is 12.2 Å². The van der Waals surface area contributed by atoms with Crippen molar-refractivity contribution in [2.45, 2.75) is 45.1 Å². The smallest absolute Gasteiger partial charge is 0.244 e. The molecule has 4 aliphatic rings. The largest absolute Gasteiger partial charge is 0.350 e. The van der Waals surface area contributed by atoms with Crippen molar-refractivity contribution >= 4 is 12.0 Å². The summed E-state index contributed by atoms with van der Waals surface area (Å²) in [6.07, 6.45) is 10.7. The molecule has 1 atom stereocenters. The van der Waals surface area contributed by atoms with Gasteiger partial charge in [0.25, 0.3) is 0 Å². The second kappa shape index (κ2) is 6.14. The van der Waals surface area contributed by atoms with Crippen LogP contribution < -0.4 is 5.32 Å². The average molecular weight is 309 g/mol. The first kappa shape index (κ1) is 15.0. The fraction of sp³-hybridized carbons (Fsp3) is 0.571. The Hall–Kier alpha value is -1.57. The van der Waals surface area contributed by atoms with Crippen molar-refractivity contribution in [2.24, 2.45) is 29.6 Å². The molecule has 0 spiro atoms. The van der Waals surface area contributed by atoms with Gasteiger partial charge in [-0.15, -0.1) is 0 Å². The summed E-state index contributed by atoms with van der Waals surface area (Å²) in [6.45, 7) is 2.22. The summed E-state index contributed by atoms with van der Waals surface area (Å²) < 4.78 is 0. The van der Waals surface area contributed by atoms with E-state index in [-0.39, 0.29) is 5.91 Å². The average Bonchev–Trinajstić information content (AvgIpc) is 2.53. The molecule has 4 bridgehead atoms. The highest BCUT2D eigenvalue weighted by molar-refractivity contribution is 5.91. The topological polar surface area (TPSA) is 29.1 Å². The minimum Gasteiger partial charge on any atom is -0.350 e. The van der Waals surface area contributed by atoms with Crippen molar-refractivity contribution in [3.63, 3.8) is 0 Å². The molecule has 4 aliphatic carbocycles. The number of amides is 1. The van der Waals surface area contributed by atoms with Gasteiger partial charge in [0.2, 0.25) is 5.91 Å². The molecule has 0 aliphatic heterocycles. The molecule has 0 radical (unpaired) electrons. The van der Waals surface area contributed by atoms with Crippen LogP contribution in [0.5, 0.6) is 0 Å². The lowest BCUT2D eigenvalue weighted by Gasteiger charge is -2.56. The third-order valence-electron chi connectivity index (χ3n) is 6.47. The van der Waals surface area contributed by atoms with Gasteiger partial charge < -0.3 is 5.32 Å². The van der Waals surface area contributed by atoms with Crippen molar-refractivity contribution in [1.29, 1.82) is 0 Å². The Morgan fingerprint density at radius 3 is 2.26 bits per heavy atom. The van der Waals surface area contributed by atoms with Crippen LogP contribution in [-0.4, -0.2) is 11.9 Å². The number of hydrogen-bond donors (Lipinski definition) is 1. The SMILES string of the molecule is C[C@H](NC(=O)/C=C\c1ccccc1)C1C2CC3CC(C2)CC1C3. The molecule has 5 rings (SSSR count). The lowest BCUT2D eigenvalue weighted by Crippen LogP contribution is -2.52. The van der Waals surface area contributed by atoms with Crippen LogP contribution in [0.2, 0.25) is 0 Å². The lowest BCUT2D eigenvalue weighted by molar-refractivity contribution is -0.119. The molecule has 1 amide bonds. The van der Waals surface area contributed by atoms with Gasteiger partial charge in [-0.05, 0) is 80.3 Å². The summed E-state index contributed by atoms with van der Waals surface area (Å²) in [5, 5.41) is 3.25. The van der Waals surface area contributed by atoms with Gasteiger partial charge in [-0.3, -0.25) is 4.79 Å². The van der Waals surface area contributed by atoms with Gasteiger partial charge in [0.1, 0.15) is 0 Å². The van der Waals surface area contributed by atoms with Crippen LogP contribution in [-0.2, 0) is 4.79 Å². The molecule has 122 valence electrons. The molecule has 0 heterocycles. The van der Waals surface area contributed by atoms with E-state index in [0.717, 1.165) is 29.2 Å². The van der Waals surface area contributed by atoms with Crippen LogP contribution in [0.4, 0.5) is 0 Å². The maximum atomic E-state index is 12.3. The van der Waals surface area contributed by atoms with E-state index in [0.29, 0.717) is 12.0 Å². The zero-order chi connectivity index (χ0) is 15.8. The highest BCUT2D eigenvalue weighted by atomic mass is 16.1. The van der Waals surface area contributed by atoms with Crippen molar-refractivity contribution < 1.29 is 4.79 Å². The molecule has 1 aromatic rings. The highest BCUT2D eigenvalue weighted by Crippen LogP contribution is 2.57. The summed E-state index contributed by atoms with van der Waals surface area (Å²) >= 11 is 0. The molecule has 2 nitrogen and oxygen atoms in total. The monoisotopic (exact) mass is 309 g/mol. The summed E-state index contributed by atoms with van der Waals surface area (Å²) in [5.74, 6) is 4.47. The number of rotatable bonds is 4. The standard InChI is InChI=1S/C21H27NO/c1-14(22-20(23)8-7-15-5-3-2-4-6-15)21-18-10-16-9-17(12-18)13-19(21)11-16/h2-8,14,16-19,21H,9-13H2,1H3,(H,22,23)/b8-7-/t14-,16?,17?,18?,19?,21?/m0/s1. The Kier molecular flexibility index (Phi) is 4.00. The molecule has 4 saturated carbocycles. The maximum absolute atomic E-state index is 12.3. The molecule has 0 aromatic heterocycles. The zero-order valence-corrected chi connectivity index (χ0v) is 13.9. The molecule has 4 fully saturated rings. The van der Waals surface area contributed by atoms with E-state index in [1.807, 2.05) is 36.4 Å². The van der Waals surface area contributed by atoms with Crippen LogP contribution in [0, 0.1) is 29.6 Å². The van der Waals surface area contributed by atoms with Gasteiger partial charge >= 0.3 is 0 Å². The first-order valence-electron chi connectivity index (χ1n) is 9.22. The molecule has 1 N–H and O–H groups in total. The van der Waals surface area contributed by atoms with Crippen LogP contribution in [0.3, 0.4) is 0 Å². The molecular weight excluding hydrogens is 282 g/mol. The predicted molar refractivity (Wildman–Crippen MR) is 93.6 cm³/mol. The van der Waals surface area contributed by atoms with E-state index in [1.54, 1.807) is 6.08 Å². The van der Waals surface area contributed by atoms with Crippen molar-refractivity contribution in [3.8, 4) is 0 Å². The molecule has 2 heteroatoms.